The number of carbonyl (C=O) groups is 1. The Kier molecular flexibility index (Phi) is 4.66. The molecule has 1 heterocycles. The van der Waals surface area contributed by atoms with Gasteiger partial charge in [0.1, 0.15) is 22.1 Å². The third-order valence-electron chi connectivity index (χ3n) is 3.26. The maximum Gasteiger partial charge on any atom is 0.270 e. The monoisotopic (exact) mass is 316 g/mol. The largest absolute Gasteiger partial charge is 0.456 e. The highest BCUT2D eigenvalue weighted by Gasteiger charge is 2.18. The van der Waals surface area contributed by atoms with Crippen LogP contribution in [0.25, 0.3) is 0 Å². The Morgan fingerprint density at radius 3 is 2.36 bits per heavy atom. The summed E-state index contributed by atoms with van der Waals surface area (Å²) in [6.07, 6.45) is 0. The second-order valence-electron chi connectivity index (χ2n) is 5.94. The SMILES string of the molecule is CNC(=O)C(=N)c1sccc1Oc1ccc(C(C)(C)C)cc1. The van der Waals surface area contributed by atoms with E-state index in [1.54, 1.807) is 6.07 Å². The van der Waals surface area contributed by atoms with Crippen molar-refractivity contribution in [2.75, 3.05) is 7.05 Å². The molecule has 2 N–H and O–H groups in total. The molecule has 0 bridgehead atoms. The van der Waals surface area contributed by atoms with Gasteiger partial charge in [0.2, 0.25) is 0 Å². The van der Waals surface area contributed by atoms with Crippen LogP contribution in [0.5, 0.6) is 11.5 Å². The Hall–Kier alpha value is -2.14. The molecule has 2 aromatic rings. The van der Waals surface area contributed by atoms with E-state index in [4.69, 9.17) is 10.1 Å². The summed E-state index contributed by atoms with van der Waals surface area (Å²) in [6, 6.07) is 9.66. The number of amides is 1. The predicted molar refractivity (Wildman–Crippen MR) is 90.4 cm³/mol. The summed E-state index contributed by atoms with van der Waals surface area (Å²) in [7, 11) is 1.51. The van der Waals surface area contributed by atoms with Crippen molar-refractivity contribution in [1.29, 1.82) is 5.41 Å². The van der Waals surface area contributed by atoms with Crippen molar-refractivity contribution in [1.82, 2.24) is 5.32 Å². The third kappa shape index (κ3) is 3.54. The number of thiophene rings is 1. The Morgan fingerprint density at radius 1 is 1.18 bits per heavy atom. The van der Waals surface area contributed by atoms with Crippen molar-refractivity contribution in [3.63, 3.8) is 0 Å². The molecule has 22 heavy (non-hydrogen) atoms. The van der Waals surface area contributed by atoms with Gasteiger partial charge in [-0.25, -0.2) is 0 Å². The molecule has 0 saturated heterocycles. The van der Waals surface area contributed by atoms with Gasteiger partial charge in [-0.1, -0.05) is 32.9 Å². The van der Waals surface area contributed by atoms with Crippen LogP contribution >= 0.6 is 11.3 Å². The van der Waals surface area contributed by atoms with E-state index in [9.17, 15) is 4.79 Å². The zero-order valence-corrected chi connectivity index (χ0v) is 14.0. The van der Waals surface area contributed by atoms with Crippen molar-refractivity contribution in [2.45, 2.75) is 26.2 Å². The number of nitrogens with one attached hydrogen (secondary N) is 2. The Bertz CT molecular complexity index is 681. The van der Waals surface area contributed by atoms with Crippen molar-refractivity contribution in [3.05, 3.63) is 46.2 Å². The van der Waals surface area contributed by atoms with Crippen molar-refractivity contribution in [2.24, 2.45) is 0 Å². The lowest BCUT2D eigenvalue weighted by Gasteiger charge is -2.19. The van der Waals surface area contributed by atoms with E-state index in [-0.39, 0.29) is 11.1 Å². The molecule has 0 radical (unpaired) electrons. The zero-order chi connectivity index (χ0) is 16.3. The number of rotatable bonds is 4. The molecule has 1 aromatic carbocycles. The molecule has 0 unspecified atom stereocenters. The number of benzene rings is 1. The van der Waals surface area contributed by atoms with E-state index in [0.29, 0.717) is 16.4 Å². The number of hydrogen-bond donors (Lipinski definition) is 2. The molecule has 1 amide bonds. The van der Waals surface area contributed by atoms with Crippen LogP contribution < -0.4 is 10.1 Å². The summed E-state index contributed by atoms with van der Waals surface area (Å²) < 4.78 is 5.82. The average molecular weight is 316 g/mol. The van der Waals surface area contributed by atoms with Crippen LogP contribution in [-0.4, -0.2) is 18.7 Å². The summed E-state index contributed by atoms with van der Waals surface area (Å²) in [4.78, 5) is 12.1. The van der Waals surface area contributed by atoms with E-state index < -0.39 is 5.91 Å². The zero-order valence-electron chi connectivity index (χ0n) is 13.2. The van der Waals surface area contributed by atoms with E-state index >= 15 is 0 Å². The van der Waals surface area contributed by atoms with E-state index in [2.05, 4.69) is 26.1 Å². The van der Waals surface area contributed by atoms with Gasteiger partial charge < -0.3 is 10.1 Å². The quantitative estimate of drug-likeness (QED) is 0.839. The molecule has 116 valence electrons. The number of hydrogen-bond acceptors (Lipinski definition) is 4. The average Bonchev–Trinajstić information content (AvgIpc) is 2.93. The smallest absolute Gasteiger partial charge is 0.270 e. The van der Waals surface area contributed by atoms with Crippen LogP contribution in [0, 0.1) is 5.41 Å². The minimum atomic E-state index is -0.421. The van der Waals surface area contributed by atoms with Crippen LogP contribution in [0.2, 0.25) is 0 Å². The summed E-state index contributed by atoms with van der Waals surface area (Å²) in [5.41, 5.74) is 1.23. The second kappa shape index (κ2) is 6.32. The van der Waals surface area contributed by atoms with Crippen LogP contribution in [0.4, 0.5) is 0 Å². The number of carbonyl (C=O) groups excluding carboxylic acids is 1. The fourth-order valence-corrected chi connectivity index (χ4v) is 2.70. The van der Waals surface area contributed by atoms with E-state index in [1.807, 2.05) is 29.6 Å². The summed E-state index contributed by atoms with van der Waals surface area (Å²) >= 11 is 1.32. The predicted octanol–water partition coefficient (Wildman–Crippen LogP) is 3.95. The van der Waals surface area contributed by atoms with Gasteiger partial charge in [0.25, 0.3) is 5.91 Å². The first kappa shape index (κ1) is 16.2. The van der Waals surface area contributed by atoms with E-state index in [0.717, 1.165) is 0 Å². The first-order chi connectivity index (χ1) is 10.3. The third-order valence-corrected chi connectivity index (χ3v) is 4.17. The normalized spacial score (nSPS) is 11.1. The molecule has 0 aliphatic heterocycles. The fraction of sp³-hybridized carbons (Fsp3) is 0.294. The van der Waals surface area contributed by atoms with Crippen molar-refractivity contribution < 1.29 is 9.53 Å². The maximum atomic E-state index is 11.6. The molecule has 4 nitrogen and oxygen atoms in total. The maximum absolute atomic E-state index is 11.6. The van der Waals surface area contributed by atoms with Gasteiger partial charge in [-0.3, -0.25) is 10.2 Å². The van der Waals surface area contributed by atoms with Crippen LogP contribution in [0.15, 0.2) is 35.7 Å². The summed E-state index contributed by atoms with van der Waals surface area (Å²) in [5.74, 6) is 0.801. The standard InChI is InChI=1S/C17H20N2O2S/c1-17(2,3)11-5-7-12(8-6-11)21-13-9-10-22-15(13)14(18)16(20)19-4/h5-10,18H,1-4H3,(H,19,20). The van der Waals surface area contributed by atoms with Gasteiger partial charge in [0.05, 0.1) is 0 Å². The fourth-order valence-electron chi connectivity index (χ4n) is 1.94. The molecule has 0 saturated carbocycles. The van der Waals surface area contributed by atoms with Gasteiger partial charge in [-0.2, -0.15) is 0 Å². The molecule has 0 spiro atoms. The summed E-state index contributed by atoms with van der Waals surface area (Å²) in [5, 5.41) is 12.2. The highest BCUT2D eigenvalue weighted by molar-refractivity contribution is 7.13. The molecular weight excluding hydrogens is 296 g/mol. The number of likely N-dealkylation sites (N-methyl/N-ethyl adjacent to an activating group) is 1. The van der Waals surface area contributed by atoms with Gasteiger partial charge in [0.15, 0.2) is 0 Å². The topological polar surface area (TPSA) is 62.2 Å². The lowest BCUT2D eigenvalue weighted by atomic mass is 9.87. The van der Waals surface area contributed by atoms with Gasteiger partial charge in [0, 0.05) is 7.05 Å². The van der Waals surface area contributed by atoms with Crippen molar-refractivity contribution in [3.8, 4) is 11.5 Å². The van der Waals surface area contributed by atoms with Crippen LogP contribution in [-0.2, 0) is 10.2 Å². The molecule has 5 heteroatoms. The number of ether oxygens (including phenoxy) is 1. The molecule has 0 aliphatic rings. The molecular formula is C17H20N2O2S. The van der Waals surface area contributed by atoms with Crippen molar-refractivity contribution >= 4 is 23.0 Å². The molecule has 0 atom stereocenters. The second-order valence-corrected chi connectivity index (χ2v) is 6.86. The van der Waals surface area contributed by atoms with Crippen LogP contribution in [0.3, 0.4) is 0 Å². The first-order valence-electron chi connectivity index (χ1n) is 7.00. The highest BCUT2D eigenvalue weighted by Crippen LogP contribution is 2.31. The Morgan fingerprint density at radius 2 is 1.82 bits per heavy atom. The molecule has 0 fully saturated rings. The van der Waals surface area contributed by atoms with Gasteiger partial charge in [-0.15, -0.1) is 11.3 Å². The Balaban J connectivity index is 2.20. The molecule has 1 aromatic heterocycles. The minimum absolute atomic E-state index is 0.0844. The van der Waals surface area contributed by atoms with E-state index in [1.165, 1.54) is 23.9 Å². The Labute approximate surface area is 134 Å². The molecule has 0 aliphatic carbocycles. The van der Waals surface area contributed by atoms with Gasteiger partial charge >= 0.3 is 0 Å². The van der Waals surface area contributed by atoms with Crippen LogP contribution in [0.1, 0.15) is 31.2 Å². The minimum Gasteiger partial charge on any atom is -0.456 e. The first-order valence-corrected chi connectivity index (χ1v) is 7.88. The van der Waals surface area contributed by atoms with Gasteiger partial charge in [-0.05, 0) is 34.6 Å². The highest BCUT2D eigenvalue weighted by atomic mass is 32.1. The lowest BCUT2D eigenvalue weighted by Crippen LogP contribution is -2.27. The summed E-state index contributed by atoms with van der Waals surface area (Å²) in [6.45, 7) is 6.47. The molecule has 2 rings (SSSR count). The lowest BCUT2D eigenvalue weighted by molar-refractivity contribution is -0.114.